The fourth-order valence-corrected chi connectivity index (χ4v) is 1.35. The Labute approximate surface area is 78.8 Å². The van der Waals surface area contributed by atoms with Crippen LogP contribution in [0.4, 0.5) is 0 Å². The average molecular weight is 180 g/mol. The summed E-state index contributed by atoms with van der Waals surface area (Å²) in [5.41, 5.74) is 2.99. The number of rotatable bonds is 2. The van der Waals surface area contributed by atoms with Crippen LogP contribution in [0.25, 0.3) is 0 Å². The van der Waals surface area contributed by atoms with Crippen LogP contribution < -0.4 is 0 Å². The van der Waals surface area contributed by atoms with Crippen molar-refractivity contribution >= 4 is 5.91 Å². The second kappa shape index (κ2) is 3.64. The van der Waals surface area contributed by atoms with E-state index < -0.39 is 0 Å². The first kappa shape index (κ1) is 9.84. The van der Waals surface area contributed by atoms with Crippen LogP contribution in [0.2, 0.25) is 0 Å². The molecule has 0 aromatic carbocycles. The Morgan fingerprint density at radius 1 is 1.54 bits per heavy atom. The first-order valence-corrected chi connectivity index (χ1v) is 4.46. The molecule has 3 heteroatoms. The third kappa shape index (κ3) is 1.74. The number of aromatic nitrogens is 1. The molecule has 1 aromatic heterocycles. The molecule has 1 heterocycles. The number of hydrogen-bond acceptors (Lipinski definition) is 1. The van der Waals surface area contributed by atoms with Crippen LogP contribution in [0.3, 0.4) is 0 Å². The lowest BCUT2D eigenvalue weighted by Gasteiger charge is -2.09. The Bertz CT molecular complexity index is 313. The maximum Gasteiger partial charge on any atom is 0.270 e. The number of nitrogens with one attached hydrogen (secondary N) is 1. The van der Waals surface area contributed by atoms with Gasteiger partial charge in [0.15, 0.2) is 0 Å². The number of carbonyl (C=O) groups is 1. The van der Waals surface area contributed by atoms with Crippen LogP contribution in [0.15, 0.2) is 6.20 Å². The van der Waals surface area contributed by atoms with Crippen LogP contribution in [-0.2, 0) is 6.42 Å². The van der Waals surface area contributed by atoms with E-state index >= 15 is 0 Å². The van der Waals surface area contributed by atoms with Crippen molar-refractivity contribution in [3.8, 4) is 0 Å². The third-order valence-corrected chi connectivity index (χ3v) is 2.25. The number of amides is 1. The molecular formula is C10H16N2O. The molecule has 0 unspecified atom stereocenters. The summed E-state index contributed by atoms with van der Waals surface area (Å²) < 4.78 is 0. The molecule has 3 nitrogen and oxygen atoms in total. The summed E-state index contributed by atoms with van der Waals surface area (Å²) in [5.74, 6) is 0.0391. The Balaban J connectivity index is 3.02. The average Bonchev–Trinajstić information content (AvgIpc) is 2.45. The molecule has 0 aliphatic carbocycles. The molecule has 0 saturated heterocycles. The molecule has 1 aromatic rings. The summed E-state index contributed by atoms with van der Waals surface area (Å²) in [4.78, 5) is 16.2. The number of H-pyrrole nitrogens is 1. The van der Waals surface area contributed by atoms with Crippen molar-refractivity contribution in [2.24, 2.45) is 0 Å². The van der Waals surface area contributed by atoms with Crippen molar-refractivity contribution in [2.45, 2.75) is 20.3 Å². The van der Waals surface area contributed by atoms with Gasteiger partial charge in [0.2, 0.25) is 0 Å². The third-order valence-electron chi connectivity index (χ3n) is 2.25. The van der Waals surface area contributed by atoms with Crippen LogP contribution in [0, 0.1) is 6.92 Å². The predicted octanol–water partition coefficient (Wildman–Crippen LogP) is 1.59. The lowest BCUT2D eigenvalue weighted by Crippen LogP contribution is -2.22. The van der Waals surface area contributed by atoms with Gasteiger partial charge in [-0.05, 0) is 24.5 Å². The van der Waals surface area contributed by atoms with Gasteiger partial charge in [-0.2, -0.15) is 0 Å². The smallest absolute Gasteiger partial charge is 0.270 e. The van der Waals surface area contributed by atoms with E-state index in [4.69, 9.17) is 0 Å². The maximum absolute atomic E-state index is 11.6. The highest BCUT2D eigenvalue weighted by Gasteiger charge is 2.14. The van der Waals surface area contributed by atoms with Crippen LogP contribution in [-0.4, -0.2) is 29.9 Å². The number of hydrogen-bond donors (Lipinski definition) is 1. The van der Waals surface area contributed by atoms with Crippen molar-refractivity contribution in [2.75, 3.05) is 14.1 Å². The van der Waals surface area contributed by atoms with Crippen LogP contribution in [0.5, 0.6) is 0 Å². The summed E-state index contributed by atoms with van der Waals surface area (Å²) in [7, 11) is 3.52. The van der Waals surface area contributed by atoms with Crippen LogP contribution >= 0.6 is 0 Å². The van der Waals surface area contributed by atoms with Crippen molar-refractivity contribution in [1.29, 1.82) is 0 Å². The van der Waals surface area contributed by atoms with Gasteiger partial charge in [-0.15, -0.1) is 0 Å². The molecular weight excluding hydrogens is 164 g/mol. The highest BCUT2D eigenvalue weighted by molar-refractivity contribution is 5.93. The molecule has 0 aliphatic heterocycles. The second-order valence-corrected chi connectivity index (χ2v) is 3.37. The quantitative estimate of drug-likeness (QED) is 0.737. The van der Waals surface area contributed by atoms with Gasteiger partial charge in [0.1, 0.15) is 5.69 Å². The summed E-state index contributed by atoms with van der Waals surface area (Å²) in [5, 5.41) is 0. The largest absolute Gasteiger partial charge is 0.357 e. The lowest BCUT2D eigenvalue weighted by molar-refractivity contribution is 0.0822. The minimum absolute atomic E-state index is 0.0391. The zero-order chi connectivity index (χ0) is 10.0. The zero-order valence-electron chi connectivity index (χ0n) is 8.64. The second-order valence-electron chi connectivity index (χ2n) is 3.37. The zero-order valence-corrected chi connectivity index (χ0v) is 8.64. The normalized spacial score (nSPS) is 10.2. The van der Waals surface area contributed by atoms with Gasteiger partial charge in [-0.25, -0.2) is 0 Å². The topological polar surface area (TPSA) is 36.1 Å². The number of nitrogens with zero attached hydrogens (tertiary/aromatic N) is 1. The van der Waals surface area contributed by atoms with Crippen LogP contribution in [0.1, 0.15) is 28.5 Å². The predicted molar refractivity (Wildman–Crippen MR) is 52.9 cm³/mol. The molecule has 72 valence electrons. The molecule has 0 aliphatic rings. The van der Waals surface area contributed by atoms with E-state index in [9.17, 15) is 4.79 Å². The van der Waals surface area contributed by atoms with Crippen molar-refractivity contribution in [1.82, 2.24) is 9.88 Å². The van der Waals surface area contributed by atoms with Gasteiger partial charge < -0.3 is 9.88 Å². The van der Waals surface area contributed by atoms with Crippen molar-refractivity contribution in [3.63, 3.8) is 0 Å². The van der Waals surface area contributed by atoms with E-state index in [-0.39, 0.29) is 5.91 Å². The molecule has 1 rings (SSSR count). The van der Waals surface area contributed by atoms with E-state index in [2.05, 4.69) is 11.9 Å². The van der Waals surface area contributed by atoms with E-state index in [1.54, 1.807) is 19.0 Å². The van der Waals surface area contributed by atoms with Gasteiger partial charge in [-0.1, -0.05) is 6.92 Å². The van der Waals surface area contributed by atoms with E-state index in [0.717, 1.165) is 12.0 Å². The van der Waals surface area contributed by atoms with Gasteiger partial charge in [-0.3, -0.25) is 4.79 Å². The van der Waals surface area contributed by atoms with Crippen molar-refractivity contribution in [3.05, 3.63) is 23.0 Å². The van der Waals surface area contributed by atoms with Gasteiger partial charge in [0.05, 0.1) is 0 Å². The SMILES string of the molecule is CCc1c[nH]c(C(=O)N(C)C)c1C. The van der Waals surface area contributed by atoms with Gasteiger partial charge >= 0.3 is 0 Å². The van der Waals surface area contributed by atoms with E-state index in [1.165, 1.54) is 5.56 Å². The molecule has 13 heavy (non-hydrogen) atoms. The lowest BCUT2D eigenvalue weighted by atomic mass is 10.1. The molecule has 0 radical (unpaired) electrons. The summed E-state index contributed by atoms with van der Waals surface area (Å²) in [6.45, 7) is 4.06. The molecule has 1 N–H and O–H groups in total. The number of aromatic amines is 1. The highest BCUT2D eigenvalue weighted by Crippen LogP contribution is 2.14. The molecule has 0 saturated carbocycles. The number of carbonyl (C=O) groups excluding carboxylic acids is 1. The fraction of sp³-hybridized carbons (Fsp3) is 0.500. The first-order valence-electron chi connectivity index (χ1n) is 4.46. The first-order chi connectivity index (χ1) is 6.07. The molecule has 0 fully saturated rings. The summed E-state index contributed by atoms with van der Waals surface area (Å²) in [6, 6.07) is 0. The fourth-order valence-electron chi connectivity index (χ4n) is 1.35. The molecule has 0 spiro atoms. The highest BCUT2D eigenvalue weighted by atomic mass is 16.2. The molecule has 1 amide bonds. The minimum Gasteiger partial charge on any atom is -0.357 e. The molecule has 0 bridgehead atoms. The Kier molecular flexibility index (Phi) is 2.76. The molecule has 0 atom stereocenters. The van der Waals surface area contributed by atoms with Gasteiger partial charge in [0.25, 0.3) is 5.91 Å². The standard InChI is InChI=1S/C10H16N2O/c1-5-8-6-11-9(7(8)2)10(13)12(3)4/h6,11H,5H2,1-4H3. The van der Waals surface area contributed by atoms with Crippen molar-refractivity contribution < 1.29 is 4.79 Å². The Hall–Kier alpha value is -1.25. The number of aryl methyl sites for hydroxylation is 1. The summed E-state index contributed by atoms with van der Waals surface area (Å²) >= 11 is 0. The Morgan fingerprint density at radius 2 is 2.15 bits per heavy atom. The van der Waals surface area contributed by atoms with Gasteiger partial charge in [0, 0.05) is 20.3 Å². The maximum atomic E-state index is 11.6. The van der Waals surface area contributed by atoms with E-state index in [1.807, 2.05) is 13.1 Å². The Morgan fingerprint density at radius 3 is 2.54 bits per heavy atom. The monoisotopic (exact) mass is 180 g/mol. The minimum atomic E-state index is 0.0391. The summed E-state index contributed by atoms with van der Waals surface area (Å²) in [6.07, 6.45) is 2.87. The van der Waals surface area contributed by atoms with E-state index in [0.29, 0.717) is 5.69 Å².